The van der Waals surface area contributed by atoms with E-state index >= 15 is 0 Å². The molecule has 2 aromatic heterocycles. The van der Waals surface area contributed by atoms with Gasteiger partial charge in [-0.25, -0.2) is 4.98 Å². The number of fused-ring (bicyclic) bond motifs is 1. The molecule has 0 aliphatic rings. The Labute approximate surface area is 127 Å². The van der Waals surface area contributed by atoms with Crippen LogP contribution in [0, 0.1) is 12.8 Å². The lowest BCUT2D eigenvalue weighted by Crippen LogP contribution is -2.32. The SMILES string of the molecule is Cc1noc(C(NC(=O)c2ccc3nc[nH]c3c2)C(C)C)n1. The van der Waals surface area contributed by atoms with Crippen LogP contribution in [0.1, 0.15) is 42.0 Å². The van der Waals surface area contributed by atoms with Crippen LogP contribution in [0.25, 0.3) is 11.0 Å². The number of carbonyl (C=O) groups excluding carboxylic acids is 1. The second-order valence-electron chi connectivity index (χ2n) is 5.51. The highest BCUT2D eigenvalue weighted by Crippen LogP contribution is 2.21. The fourth-order valence-corrected chi connectivity index (χ4v) is 2.25. The minimum atomic E-state index is -0.328. The van der Waals surface area contributed by atoms with Crippen molar-refractivity contribution in [2.24, 2.45) is 5.92 Å². The van der Waals surface area contributed by atoms with E-state index in [1.807, 2.05) is 19.9 Å². The monoisotopic (exact) mass is 299 g/mol. The van der Waals surface area contributed by atoms with Gasteiger partial charge in [0.25, 0.3) is 5.91 Å². The molecule has 0 aliphatic carbocycles. The first-order valence-corrected chi connectivity index (χ1v) is 7.09. The number of carbonyl (C=O) groups is 1. The number of hydrogen-bond acceptors (Lipinski definition) is 5. The van der Waals surface area contributed by atoms with Crippen molar-refractivity contribution in [2.45, 2.75) is 26.8 Å². The molecule has 2 heterocycles. The van der Waals surface area contributed by atoms with Gasteiger partial charge in [-0.05, 0) is 31.0 Å². The molecule has 2 N–H and O–H groups in total. The number of amides is 1. The molecule has 114 valence electrons. The Morgan fingerprint density at radius 2 is 2.18 bits per heavy atom. The average molecular weight is 299 g/mol. The van der Waals surface area contributed by atoms with E-state index in [2.05, 4.69) is 25.4 Å². The third kappa shape index (κ3) is 2.69. The van der Waals surface area contributed by atoms with E-state index in [0.717, 1.165) is 11.0 Å². The summed E-state index contributed by atoms with van der Waals surface area (Å²) in [6.45, 7) is 5.73. The molecule has 3 rings (SSSR count). The minimum Gasteiger partial charge on any atom is -0.345 e. The van der Waals surface area contributed by atoms with E-state index in [9.17, 15) is 4.79 Å². The quantitative estimate of drug-likeness (QED) is 0.771. The summed E-state index contributed by atoms with van der Waals surface area (Å²) in [5, 5.41) is 6.73. The molecule has 0 saturated heterocycles. The van der Waals surface area contributed by atoms with Crippen molar-refractivity contribution in [2.75, 3.05) is 0 Å². The summed E-state index contributed by atoms with van der Waals surface area (Å²) >= 11 is 0. The fourth-order valence-electron chi connectivity index (χ4n) is 2.25. The van der Waals surface area contributed by atoms with Gasteiger partial charge in [0.05, 0.1) is 17.4 Å². The Morgan fingerprint density at radius 1 is 1.36 bits per heavy atom. The minimum absolute atomic E-state index is 0.125. The van der Waals surface area contributed by atoms with Crippen LogP contribution in [0.3, 0.4) is 0 Å². The molecular formula is C15H17N5O2. The molecule has 0 radical (unpaired) electrons. The molecule has 22 heavy (non-hydrogen) atoms. The first-order valence-electron chi connectivity index (χ1n) is 7.09. The van der Waals surface area contributed by atoms with Crippen LogP contribution < -0.4 is 5.32 Å². The van der Waals surface area contributed by atoms with Gasteiger partial charge in [0.1, 0.15) is 6.04 Å². The van der Waals surface area contributed by atoms with Crippen molar-refractivity contribution >= 4 is 16.9 Å². The Hall–Kier alpha value is -2.70. The first kappa shape index (κ1) is 14.2. The van der Waals surface area contributed by atoms with E-state index in [-0.39, 0.29) is 17.9 Å². The van der Waals surface area contributed by atoms with Gasteiger partial charge in [0.15, 0.2) is 5.82 Å². The number of aromatic amines is 1. The summed E-state index contributed by atoms with van der Waals surface area (Å²) in [6, 6.07) is 5.00. The van der Waals surface area contributed by atoms with Crippen LogP contribution in [0.15, 0.2) is 29.0 Å². The molecule has 0 saturated carbocycles. The molecule has 0 fully saturated rings. The third-order valence-electron chi connectivity index (χ3n) is 3.45. The van der Waals surface area contributed by atoms with Crippen LogP contribution in [0.5, 0.6) is 0 Å². The number of hydrogen-bond donors (Lipinski definition) is 2. The maximum atomic E-state index is 12.5. The molecule has 0 spiro atoms. The van der Waals surface area contributed by atoms with Crippen LogP contribution in [-0.2, 0) is 0 Å². The van der Waals surface area contributed by atoms with Gasteiger partial charge in [-0.1, -0.05) is 19.0 Å². The smallest absolute Gasteiger partial charge is 0.252 e. The molecule has 1 amide bonds. The second kappa shape index (κ2) is 5.59. The van der Waals surface area contributed by atoms with Gasteiger partial charge in [-0.3, -0.25) is 4.79 Å². The molecule has 1 unspecified atom stereocenters. The number of benzene rings is 1. The zero-order valence-electron chi connectivity index (χ0n) is 12.6. The Bertz CT molecular complexity index is 805. The Balaban J connectivity index is 1.84. The summed E-state index contributed by atoms with van der Waals surface area (Å²) in [7, 11) is 0. The van der Waals surface area contributed by atoms with Crippen molar-refractivity contribution in [1.82, 2.24) is 25.4 Å². The zero-order valence-corrected chi connectivity index (χ0v) is 12.6. The number of nitrogens with one attached hydrogen (secondary N) is 2. The highest BCUT2D eigenvalue weighted by molar-refractivity contribution is 5.97. The van der Waals surface area contributed by atoms with Gasteiger partial charge in [-0.2, -0.15) is 4.98 Å². The highest BCUT2D eigenvalue weighted by Gasteiger charge is 2.24. The maximum Gasteiger partial charge on any atom is 0.252 e. The number of aromatic nitrogens is 4. The summed E-state index contributed by atoms with van der Waals surface area (Å²) in [6.07, 6.45) is 1.60. The number of aryl methyl sites for hydroxylation is 1. The zero-order chi connectivity index (χ0) is 15.7. The Kier molecular flexibility index (Phi) is 3.62. The van der Waals surface area contributed by atoms with Crippen molar-refractivity contribution in [1.29, 1.82) is 0 Å². The molecule has 1 atom stereocenters. The van der Waals surface area contributed by atoms with E-state index in [1.54, 1.807) is 25.4 Å². The van der Waals surface area contributed by atoms with Crippen molar-refractivity contribution < 1.29 is 9.32 Å². The van der Waals surface area contributed by atoms with E-state index in [1.165, 1.54) is 0 Å². The van der Waals surface area contributed by atoms with Gasteiger partial charge in [0, 0.05) is 5.56 Å². The molecule has 0 aliphatic heterocycles. The topological polar surface area (TPSA) is 96.7 Å². The lowest BCUT2D eigenvalue weighted by molar-refractivity contribution is 0.0914. The summed E-state index contributed by atoms with van der Waals surface area (Å²) in [4.78, 5) is 23.8. The molecule has 1 aromatic carbocycles. The number of nitrogens with zero attached hydrogens (tertiary/aromatic N) is 3. The predicted molar refractivity (Wildman–Crippen MR) is 80.2 cm³/mol. The molecule has 7 nitrogen and oxygen atoms in total. The van der Waals surface area contributed by atoms with Gasteiger partial charge in [0.2, 0.25) is 5.89 Å². The van der Waals surface area contributed by atoms with Crippen molar-refractivity contribution in [3.63, 3.8) is 0 Å². The van der Waals surface area contributed by atoms with Crippen LogP contribution >= 0.6 is 0 Å². The van der Waals surface area contributed by atoms with Crippen LogP contribution in [0.4, 0.5) is 0 Å². The lowest BCUT2D eigenvalue weighted by atomic mass is 10.0. The van der Waals surface area contributed by atoms with E-state index in [0.29, 0.717) is 17.3 Å². The predicted octanol–water partition coefficient (Wildman–Crippen LogP) is 2.38. The third-order valence-corrected chi connectivity index (χ3v) is 3.45. The summed E-state index contributed by atoms with van der Waals surface area (Å²) in [5.41, 5.74) is 2.20. The molecule has 7 heteroatoms. The fraction of sp³-hybridized carbons (Fsp3) is 0.333. The highest BCUT2D eigenvalue weighted by atomic mass is 16.5. The second-order valence-corrected chi connectivity index (χ2v) is 5.51. The van der Waals surface area contributed by atoms with E-state index in [4.69, 9.17) is 4.52 Å². The van der Waals surface area contributed by atoms with Crippen LogP contribution in [0.2, 0.25) is 0 Å². The van der Waals surface area contributed by atoms with E-state index < -0.39 is 0 Å². The number of imidazole rings is 1. The van der Waals surface area contributed by atoms with Crippen molar-refractivity contribution in [3.8, 4) is 0 Å². The standard InChI is InChI=1S/C15H17N5O2/c1-8(2)13(15-18-9(3)20-22-15)19-14(21)10-4-5-11-12(6-10)17-7-16-11/h4-8,13H,1-3H3,(H,16,17)(H,19,21). The largest absolute Gasteiger partial charge is 0.345 e. The summed E-state index contributed by atoms with van der Waals surface area (Å²) < 4.78 is 5.19. The molecule has 3 aromatic rings. The maximum absolute atomic E-state index is 12.5. The lowest BCUT2D eigenvalue weighted by Gasteiger charge is -2.18. The molecular weight excluding hydrogens is 282 g/mol. The normalized spacial score (nSPS) is 12.7. The van der Waals surface area contributed by atoms with Gasteiger partial charge >= 0.3 is 0 Å². The molecule has 0 bridgehead atoms. The number of H-pyrrole nitrogens is 1. The Morgan fingerprint density at radius 3 is 2.86 bits per heavy atom. The van der Waals surface area contributed by atoms with Crippen molar-refractivity contribution in [3.05, 3.63) is 41.8 Å². The van der Waals surface area contributed by atoms with Gasteiger partial charge < -0.3 is 14.8 Å². The average Bonchev–Trinajstić information content (AvgIpc) is 3.11. The summed E-state index contributed by atoms with van der Waals surface area (Å²) in [5.74, 6) is 0.906. The first-order chi connectivity index (χ1) is 10.5. The van der Waals surface area contributed by atoms with Gasteiger partial charge in [-0.15, -0.1) is 0 Å². The van der Waals surface area contributed by atoms with Crippen LogP contribution in [-0.4, -0.2) is 26.0 Å². The number of rotatable bonds is 4.